The molecule has 0 radical (unpaired) electrons. The van der Waals surface area contributed by atoms with Gasteiger partial charge in [0, 0.05) is 0 Å². The molecule has 3 nitrogen and oxygen atoms in total. The van der Waals surface area contributed by atoms with E-state index < -0.39 is 12.1 Å². The third kappa shape index (κ3) is 7.69. The molecule has 0 aromatic carbocycles. The Balaban J connectivity index is 3.79. The molecule has 0 saturated heterocycles. The van der Waals surface area contributed by atoms with Gasteiger partial charge in [-0.3, -0.25) is 0 Å². The number of carbonyl (C=O) groups is 1. The molecular weight excluding hydrogens is 204 g/mol. The Labute approximate surface area is 99.2 Å². The standard InChI is InChI=1S/C13H26O3/c1-4-6-7-9-12(8-5-2)10-16-13(15)11(3)14/h11-12,14H,4-10H2,1-3H3. The van der Waals surface area contributed by atoms with Crippen molar-refractivity contribution in [1.29, 1.82) is 0 Å². The van der Waals surface area contributed by atoms with Crippen molar-refractivity contribution in [1.82, 2.24) is 0 Å². The maximum absolute atomic E-state index is 11.1. The minimum absolute atomic E-state index is 0.458. The Bertz CT molecular complexity index is 178. The quantitative estimate of drug-likeness (QED) is 0.489. The third-order valence-electron chi connectivity index (χ3n) is 2.72. The number of hydrogen-bond acceptors (Lipinski definition) is 3. The lowest BCUT2D eigenvalue weighted by molar-refractivity contribution is -0.154. The monoisotopic (exact) mass is 230 g/mol. The lowest BCUT2D eigenvalue weighted by Crippen LogP contribution is -2.22. The summed E-state index contributed by atoms with van der Waals surface area (Å²) in [5.41, 5.74) is 0. The van der Waals surface area contributed by atoms with Gasteiger partial charge in [-0.05, 0) is 25.7 Å². The first kappa shape index (κ1) is 15.4. The van der Waals surface area contributed by atoms with Crippen LogP contribution >= 0.6 is 0 Å². The van der Waals surface area contributed by atoms with E-state index in [1.54, 1.807) is 0 Å². The number of rotatable bonds is 9. The Morgan fingerprint density at radius 1 is 1.19 bits per heavy atom. The summed E-state index contributed by atoms with van der Waals surface area (Å²) in [6, 6.07) is 0. The van der Waals surface area contributed by atoms with Crippen LogP contribution in [0.15, 0.2) is 0 Å². The van der Waals surface area contributed by atoms with Crippen molar-refractivity contribution in [2.75, 3.05) is 6.61 Å². The third-order valence-corrected chi connectivity index (χ3v) is 2.72. The second-order valence-corrected chi connectivity index (χ2v) is 4.46. The summed E-state index contributed by atoms with van der Waals surface area (Å²) in [5, 5.41) is 9.00. The van der Waals surface area contributed by atoms with Crippen LogP contribution < -0.4 is 0 Å². The fourth-order valence-electron chi connectivity index (χ4n) is 1.72. The lowest BCUT2D eigenvalue weighted by Gasteiger charge is -2.16. The van der Waals surface area contributed by atoms with Gasteiger partial charge in [-0.2, -0.15) is 0 Å². The minimum Gasteiger partial charge on any atom is -0.463 e. The molecule has 1 N–H and O–H groups in total. The molecule has 0 aromatic rings. The predicted molar refractivity (Wildman–Crippen MR) is 65.2 cm³/mol. The largest absolute Gasteiger partial charge is 0.463 e. The van der Waals surface area contributed by atoms with Crippen LogP contribution in [0, 0.1) is 5.92 Å². The SMILES string of the molecule is CCCCCC(CCC)COC(=O)C(C)O. The van der Waals surface area contributed by atoms with Crippen molar-refractivity contribution in [2.45, 2.75) is 65.4 Å². The number of aliphatic hydroxyl groups excluding tert-OH is 1. The first-order chi connectivity index (χ1) is 7.61. The van der Waals surface area contributed by atoms with Crippen molar-refractivity contribution < 1.29 is 14.6 Å². The highest BCUT2D eigenvalue weighted by Crippen LogP contribution is 2.16. The summed E-state index contributed by atoms with van der Waals surface area (Å²) >= 11 is 0. The van der Waals surface area contributed by atoms with E-state index in [9.17, 15) is 4.79 Å². The molecule has 3 heteroatoms. The number of ether oxygens (including phenoxy) is 1. The van der Waals surface area contributed by atoms with Crippen LogP contribution in [0.1, 0.15) is 59.3 Å². The van der Waals surface area contributed by atoms with E-state index in [1.807, 2.05) is 0 Å². The summed E-state index contributed by atoms with van der Waals surface area (Å²) in [6.45, 7) is 6.22. The van der Waals surface area contributed by atoms with E-state index >= 15 is 0 Å². The van der Waals surface area contributed by atoms with Gasteiger partial charge < -0.3 is 9.84 Å². The zero-order chi connectivity index (χ0) is 12.4. The summed E-state index contributed by atoms with van der Waals surface area (Å²) in [6.07, 6.45) is 5.98. The fraction of sp³-hybridized carbons (Fsp3) is 0.923. The van der Waals surface area contributed by atoms with Crippen molar-refractivity contribution in [3.8, 4) is 0 Å². The average molecular weight is 230 g/mol. The fourth-order valence-corrected chi connectivity index (χ4v) is 1.72. The van der Waals surface area contributed by atoms with Gasteiger partial charge >= 0.3 is 5.97 Å². The molecule has 96 valence electrons. The smallest absolute Gasteiger partial charge is 0.334 e. The number of unbranched alkanes of at least 4 members (excludes halogenated alkanes) is 2. The van der Waals surface area contributed by atoms with E-state index in [2.05, 4.69) is 13.8 Å². The van der Waals surface area contributed by atoms with Crippen LogP contribution in [0.4, 0.5) is 0 Å². The maximum Gasteiger partial charge on any atom is 0.334 e. The normalized spacial score (nSPS) is 14.5. The minimum atomic E-state index is -1.00. The van der Waals surface area contributed by atoms with Gasteiger partial charge in [-0.25, -0.2) is 4.79 Å². The van der Waals surface area contributed by atoms with E-state index in [-0.39, 0.29) is 0 Å². The van der Waals surface area contributed by atoms with Crippen molar-refractivity contribution in [3.63, 3.8) is 0 Å². The van der Waals surface area contributed by atoms with Crippen LogP contribution in [-0.2, 0) is 9.53 Å². The molecular formula is C13H26O3. The molecule has 0 saturated carbocycles. The van der Waals surface area contributed by atoms with Crippen LogP contribution in [0.3, 0.4) is 0 Å². The molecule has 0 aliphatic heterocycles. The van der Waals surface area contributed by atoms with Gasteiger partial charge in [0.25, 0.3) is 0 Å². The summed E-state index contributed by atoms with van der Waals surface area (Å²) in [7, 11) is 0. The van der Waals surface area contributed by atoms with E-state index in [0.29, 0.717) is 12.5 Å². The Morgan fingerprint density at radius 3 is 2.38 bits per heavy atom. The molecule has 0 spiro atoms. The molecule has 0 fully saturated rings. The highest BCUT2D eigenvalue weighted by molar-refractivity contribution is 5.73. The molecule has 0 aromatic heterocycles. The maximum atomic E-state index is 11.1. The van der Waals surface area contributed by atoms with Crippen molar-refractivity contribution in [2.24, 2.45) is 5.92 Å². The first-order valence-corrected chi connectivity index (χ1v) is 6.46. The average Bonchev–Trinajstić information content (AvgIpc) is 2.25. The van der Waals surface area contributed by atoms with Gasteiger partial charge in [0.05, 0.1) is 6.61 Å². The van der Waals surface area contributed by atoms with Crippen LogP contribution in [0.25, 0.3) is 0 Å². The summed E-state index contributed by atoms with van der Waals surface area (Å²) in [4.78, 5) is 11.1. The van der Waals surface area contributed by atoms with Gasteiger partial charge in [-0.15, -0.1) is 0 Å². The van der Waals surface area contributed by atoms with Crippen molar-refractivity contribution in [3.05, 3.63) is 0 Å². The number of esters is 1. The Hall–Kier alpha value is -0.570. The second-order valence-electron chi connectivity index (χ2n) is 4.46. The molecule has 0 amide bonds. The van der Waals surface area contributed by atoms with Gasteiger partial charge in [0.15, 0.2) is 0 Å². The molecule has 0 bridgehead atoms. The van der Waals surface area contributed by atoms with Crippen LogP contribution in [-0.4, -0.2) is 23.8 Å². The van der Waals surface area contributed by atoms with Crippen LogP contribution in [0.2, 0.25) is 0 Å². The molecule has 0 rings (SSSR count). The van der Waals surface area contributed by atoms with Gasteiger partial charge in [-0.1, -0.05) is 39.5 Å². The summed E-state index contributed by atoms with van der Waals surface area (Å²) in [5.74, 6) is -0.0455. The molecule has 16 heavy (non-hydrogen) atoms. The number of hydrogen-bond donors (Lipinski definition) is 1. The first-order valence-electron chi connectivity index (χ1n) is 6.46. The molecule has 0 aliphatic carbocycles. The topological polar surface area (TPSA) is 46.5 Å². The van der Waals surface area contributed by atoms with Crippen LogP contribution in [0.5, 0.6) is 0 Å². The zero-order valence-corrected chi connectivity index (χ0v) is 10.9. The number of aliphatic hydroxyl groups is 1. The predicted octanol–water partition coefficient (Wildman–Crippen LogP) is 2.91. The van der Waals surface area contributed by atoms with E-state index in [1.165, 1.54) is 26.2 Å². The Kier molecular flexibility index (Phi) is 9.30. The van der Waals surface area contributed by atoms with Gasteiger partial charge in [0.1, 0.15) is 6.10 Å². The molecule has 2 atom stereocenters. The molecule has 0 heterocycles. The van der Waals surface area contributed by atoms with E-state index in [4.69, 9.17) is 9.84 Å². The Morgan fingerprint density at radius 2 is 1.88 bits per heavy atom. The summed E-state index contributed by atoms with van der Waals surface area (Å²) < 4.78 is 5.06. The lowest BCUT2D eigenvalue weighted by atomic mass is 9.97. The highest BCUT2D eigenvalue weighted by Gasteiger charge is 2.14. The highest BCUT2D eigenvalue weighted by atomic mass is 16.5. The zero-order valence-electron chi connectivity index (χ0n) is 10.9. The van der Waals surface area contributed by atoms with E-state index in [0.717, 1.165) is 19.3 Å². The second kappa shape index (κ2) is 9.64. The molecule has 0 aliphatic rings. The van der Waals surface area contributed by atoms with Gasteiger partial charge in [0.2, 0.25) is 0 Å². The van der Waals surface area contributed by atoms with Crippen molar-refractivity contribution >= 4 is 5.97 Å². The number of carbonyl (C=O) groups excluding carboxylic acids is 1. The molecule has 2 unspecified atom stereocenters.